The van der Waals surface area contributed by atoms with Crippen LogP contribution in [0.3, 0.4) is 0 Å². The Morgan fingerprint density at radius 2 is 0.774 bits per heavy atom. The molecule has 3 aromatic heterocycles. The second-order valence-electron chi connectivity index (χ2n) is 16.1. The van der Waals surface area contributed by atoms with Gasteiger partial charge in [0.25, 0.3) is 0 Å². The van der Waals surface area contributed by atoms with E-state index in [9.17, 15) is 0 Å². The Labute approximate surface area is 363 Å². The molecule has 302 valence electrons. The Balaban J connectivity index is 1.48. The topological polar surface area (TPSA) is 75.8 Å². The van der Waals surface area contributed by atoms with Crippen molar-refractivity contribution in [1.82, 2.24) is 19.9 Å². The maximum atomic E-state index is 5.95. The number of H-pyrrole nitrogens is 2. The van der Waals surface area contributed by atoms with E-state index in [2.05, 4.69) is 148 Å². The lowest BCUT2D eigenvalue weighted by Crippen LogP contribution is -1.95. The Bertz CT molecular complexity index is 3020. The quantitative estimate of drug-likeness (QED) is 0.150. The number of ether oxygens (including phenoxy) is 2. The van der Waals surface area contributed by atoms with Gasteiger partial charge in [0.15, 0.2) is 0 Å². The fourth-order valence-electron chi connectivity index (χ4n) is 9.22. The summed E-state index contributed by atoms with van der Waals surface area (Å²) in [6, 6.07) is 33.6. The fourth-order valence-corrected chi connectivity index (χ4v) is 9.22. The molecule has 0 saturated heterocycles. The van der Waals surface area contributed by atoms with E-state index in [0.717, 1.165) is 89.4 Å². The minimum absolute atomic E-state index is 0.169. The molecule has 0 unspecified atom stereocenters. The molecule has 5 heterocycles. The predicted octanol–water partition coefficient (Wildman–Crippen LogP) is 13.2. The van der Waals surface area contributed by atoms with Crippen molar-refractivity contribution < 1.29 is 9.47 Å². The van der Waals surface area contributed by atoms with Crippen molar-refractivity contribution in [3.8, 4) is 80.7 Å². The Morgan fingerprint density at radius 3 is 1.13 bits per heavy atom. The summed E-state index contributed by atoms with van der Waals surface area (Å²) in [6.45, 7) is 13.3. The minimum atomic E-state index is 0.169. The average Bonchev–Trinajstić information content (AvgIpc) is 4.09. The highest BCUT2D eigenvalue weighted by atomic mass is 16.5. The molecule has 2 N–H and O–H groups in total. The number of aromatic nitrogens is 4. The van der Waals surface area contributed by atoms with Gasteiger partial charge in [-0.15, -0.1) is 12.8 Å². The van der Waals surface area contributed by atoms with Crippen LogP contribution in [0.2, 0.25) is 0 Å². The number of aromatic amines is 2. The molecule has 62 heavy (non-hydrogen) atoms. The Hall–Kier alpha value is -7.80. The molecule has 7 aromatic rings. The van der Waals surface area contributed by atoms with E-state index in [1.54, 1.807) is 0 Å². The number of fused-ring (bicyclic) bond motifs is 8. The first kappa shape index (κ1) is 39.6. The van der Waals surface area contributed by atoms with Crippen LogP contribution in [0.4, 0.5) is 0 Å². The summed E-state index contributed by atoms with van der Waals surface area (Å²) >= 11 is 0. The molecular formula is C56H46N4O2. The molecule has 4 aromatic carbocycles. The van der Waals surface area contributed by atoms with Crippen LogP contribution in [0.15, 0.2) is 97.1 Å². The fraction of sp³-hybridized carbons (Fsp3) is 0.143. The molecule has 0 amide bonds. The molecule has 2 aliphatic rings. The van der Waals surface area contributed by atoms with Crippen molar-refractivity contribution in [1.29, 1.82) is 0 Å². The first-order valence-electron chi connectivity index (χ1n) is 20.8. The van der Waals surface area contributed by atoms with Crippen LogP contribution < -0.4 is 9.47 Å². The second-order valence-corrected chi connectivity index (χ2v) is 16.1. The molecule has 0 saturated carbocycles. The van der Waals surface area contributed by atoms with E-state index in [1.807, 2.05) is 36.4 Å². The zero-order valence-electron chi connectivity index (χ0n) is 35.8. The van der Waals surface area contributed by atoms with Crippen LogP contribution in [0.1, 0.15) is 56.2 Å². The number of aryl methyl sites for hydroxylation is 6. The minimum Gasteiger partial charge on any atom is -0.481 e. The highest BCUT2D eigenvalue weighted by Gasteiger charge is 2.22. The number of rotatable bonds is 8. The largest absolute Gasteiger partial charge is 0.481 e. The molecule has 8 bridgehead atoms. The van der Waals surface area contributed by atoms with Crippen LogP contribution in [-0.2, 0) is 0 Å². The summed E-state index contributed by atoms with van der Waals surface area (Å²) in [4.78, 5) is 18.8. The highest BCUT2D eigenvalue weighted by Crippen LogP contribution is 2.41. The SMILES string of the molecule is C#CCOc1cccc(-c2c3nc(c(-c4c(C)cc(C)cc4C)c4ccc([nH]4)c(-c4cccc(OCC#C)c4)c4nc(c(-c5c(C)cc(C)cc5C)c5ccc2[nH]5)C=C4)C=C3)c1. The van der Waals surface area contributed by atoms with E-state index >= 15 is 0 Å². The van der Waals surface area contributed by atoms with Gasteiger partial charge in [0.1, 0.15) is 24.7 Å². The lowest BCUT2D eigenvalue weighted by atomic mass is 9.92. The maximum absolute atomic E-state index is 5.95. The summed E-state index contributed by atoms with van der Waals surface area (Å²) in [5.74, 6) is 6.56. The van der Waals surface area contributed by atoms with Gasteiger partial charge in [-0.2, -0.15) is 0 Å². The van der Waals surface area contributed by atoms with Gasteiger partial charge in [0.2, 0.25) is 0 Å². The van der Waals surface area contributed by atoms with E-state index < -0.39 is 0 Å². The number of terminal acetylenes is 2. The molecule has 0 atom stereocenters. The maximum Gasteiger partial charge on any atom is 0.148 e. The second kappa shape index (κ2) is 16.3. The molecule has 9 rings (SSSR count). The first-order valence-corrected chi connectivity index (χ1v) is 20.8. The van der Waals surface area contributed by atoms with Gasteiger partial charge < -0.3 is 19.4 Å². The predicted molar refractivity (Wildman–Crippen MR) is 258 cm³/mol. The number of hydrogen-bond acceptors (Lipinski definition) is 4. The summed E-state index contributed by atoms with van der Waals surface area (Å²) < 4.78 is 11.9. The molecule has 0 fully saturated rings. The molecule has 0 radical (unpaired) electrons. The number of nitrogens with one attached hydrogen (secondary N) is 2. The number of hydrogen-bond donors (Lipinski definition) is 2. The molecule has 2 aliphatic heterocycles. The van der Waals surface area contributed by atoms with Crippen molar-refractivity contribution in [2.45, 2.75) is 41.5 Å². The van der Waals surface area contributed by atoms with Crippen molar-refractivity contribution in [2.24, 2.45) is 0 Å². The Kier molecular flexibility index (Phi) is 10.4. The monoisotopic (exact) mass is 806 g/mol. The summed E-state index contributed by atoms with van der Waals surface area (Å²) in [5, 5.41) is 0. The van der Waals surface area contributed by atoms with Gasteiger partial charge in [-0.05, 0) is 159 Å². The van der Waals surface area contributed by atoms with Crippen molar-refractivity contribution in [3.63, 3.8) is 0 Å². The van der Waals surface area contributed by atoms with Crippen molar-refractivity contribution in [3.05, 3.63) is 153 Å². The van der Waals surface area contributed by atoms with Gasteiger partial charge in [0.05, 0.1) is 22.8 Å². The molecule has 6 heteroatoms. The standard InChI is InChI=1S/C56H46N4O2/c1-9-25-61-41-15-11-13-39(31-41)53-43-17-21-47(57-43)55(51-35(5)27-33(3)28-36(51)6)49-23-19-45(59-49)54(40-14-12-16-42(32-40)62-26-10-2)46-20-24-50(60-46)56(48-22-18-44(53)58-48)52-37(7)29-34(4)30-38(52)8/h1-2,11-24,27-32,57,60H,25-26H2,3-8H3. The van der Waals surface area contributed by atoms with E-state index in [1.165, 1.54) is 33.4 Å². The van der Waals surface area contributed by atoms with Crippen LogP contribution >= 0.6 is 0 Å². The third kappa shape index (κ3) is 7.38. The van der Waals surface area contributed by atoms with Crippen LogP contribution in [0.5, 0.6) is 11.5 Å². The molecule has 0 spiro atoms. The Morgan fingerprint density at radius 1 is 0.435 bits per heavy atom. The van der Waals surface area contributed by atoms with E-state index in [0.29, 0.717) is 11.5 Å². The zero-order chi connectivity index (χ0) is 43.1. The molecule has 6 nitrogen and oxygen atoms in total. The average molecular weight is 807 g/mol. The van der Waals surface area contributed by atoms with Crippen molar-refractivity contribution in [2.75, 3.05) is 13.2 Å². The molecule has 0 aliphatic carbocycles. The summed E-state index contributed by atoms with van der Waals surface area (Å²) in [6.07, 6.45) is 19.7. The third-order valence-corrected chi connectivity index (χ3v) is 11.5. The summed E-state index contributed by atoms with van der Waals surface area (Å²) in [7, 11) is 0. The third-order valence-electron chi connectivity index (χ3n) is 11.5. The van der Waals surface area contributed by atoms with Gasteiger partial charge in [-0.25, -0.2) is 9.97 Å². The van der Waals surface area contributed by atoms with Crippen molar-refractivity contribution >= 4 is 46.4 Å². The van der Waals surface area contributed by atoms with E-state index in [-0.39, 0.29) is 13.2 Å². The lowest BCUT2D eigenvalue weighted by molar-refractivity contribution is 0.370. The van der Waals surface area contributed by atoms with E-state index in [4.69, 9.17) is 32.3 Å². The highest BCUT2D eigenvalue weighted by molar-refractivity contribution is 6.01. The first-order chi connectivity index (χ1) is 30.1. The van der Waals surface area contributed by atoms with Crippen LogP contribution in [0.25, 0.3) is 90.9 Å². The number of benzene rings is 4. The zero-order valence-corrected chi connectivity index (χ0v) is 35.8. The van der Waals surface area contributed by atoms with Gasteiger partial charge >= 0.3 is 0 Å². The lowest BCUT2D eigenvalue weighted by Gasteiger charge is -2.13. The van der Waals surface area contributed by atoms with Gasteiger partial charge in [0, 0.05) is 44.3 Å². The van der Waals surface area contributed by atoms with Crippen LogP contribution in [-0.4, -0.2) is 33.1 Å². The van der Waals surface area contributed by atoms with Gasteiger partial charge in [-0.3, -0.25) is 0 Å². The van der Waals surface area contributed by atoms with Crippen LogP contribution in [0, 0.1) is 66.2 Å². The normalized spacial score (nSPS) is 11.7. The number of nitrogens with zero attached hydrogens (tertiary/aromatic N) is 2. The smallest absolute Gasteiger partial charge is 0.148 e. The summed E-state index contributed by atoms with van der Waals surface area (Å²) in [5.41, 5.74) is 22.1. The van der Waals surface area contributed by atoms with Gasteiger partial charge in [-0.1, -0.05) is 71.5 Å². The molecular weight excluding hydrogens is 761 g/mol.